The van der Waals surface area contributed by atoms with Crippen LogP contribution >= 0.6 is 0 Å². The molecule has 1 aromatic heterocycles. The van der Waals surface area contributed by atoms with E-state index in [0.717, 1.165) is 0 Å². The molecule has 1 aliphatic heterocycles. The summed E-state index contributed by atoms with van der Waals surface area (Å²) >= 11 is 0. The zero-order valence-electron chi connectivity index (χ0n) is 14.6. The highest BCUT2D eigenvalue weighted by atomic mass is 19.1. The number of nitro groups is 1. The molecule has 0 bridgehead atoms. The number of morpholine rings is 1. The molecule has 1 N–H and O–H groups in total. The van der Waals surface area contributed by atoms with Crippen LogP contribution < -0.4 is 10.2 Å². The highest BCUT2D eigenvalue weighted by Gasteiger charge is 2.31. The van der Waals surface area contributed by atoms with Crippen molar-refractivity contribution in [3.05, 3.63) is 52.1 Å². The Bertz CT molecular complexity index is 794. The number of nitrogens with zero attached hydrogens (tertiary/aromatic N) is 4. The van der Waals surface area contributed by atoms with Gasteiger partial charge in [0.15, 0.2) is 0 Å². The normalized spacial score (nSPS) is 20.0. The van der Waals surface area contributed by atoms with Gasteiger partial charge in [0.1, 0.15) is 12.1 Å². The number of benzene rings is 1. The summed E-state index contributed by atoms with van der Waals surface area (Å²) in [5, 5.41) is 14.6. The molecule has 2 aromatic rings. The first-order valence-corrected chi connectivity index (χ1v) is 8.32. The van der Waals surface area contributed by atoms with Gasteiger partial charge in [0.05, 0.1) is 17.1 Å². The van der Waals surface area contributed by atoms with Crippen molar-refractivity contribution < 1.29 is 14.1 Å². The summed E-state index contributed by atoms with van der Waals surface area (Å²) in [5.41, 5.74) is 0.471. The average molecular weight is 361 g/mol. The zero-order chi connectivity index (χ0) is 18.7. The number of anilines is 2. The summed E-state index contributed by atoms with van der Waals surface area (Å²) in [5.74, 6) is 0.00303. The summed E-state index contributed by atoms with van der Waals surface area (Å²) in [4.78, 5) is 21.2. The van der Waals surface area contributed by atoms with E-state index in [0.29, 0.717) is 18.7 Å². The second kappa shape index (κ2) is 7.61. The van der Waals surface area contributed by atoms with Crippen LogP contribution in [-0.2, 0) is 11.3 Å². The third kappa shape index (κ3) is 4.05. The van der Waals surface area contributed by atoms with Crippen molar-refractivity contribution in [1.82, 2.24) is 9.97 Å². The highest BCUT2D eigenvalue weighted by molar-refractivity contribution is 5.70. The zero-order valence-corrected chi connectivity index (χ0v) is 14.6. The molecule has 2 heterocycles. The van der Waals surface area contributed by atoms with Crippen LogP contribution in [0.5, 0.6) is 0 Å². The molecule has 0 saturated carbocycles. The molecule has 1 fully saturated rings. The van der Waals surface area contributed by atoms with Gasteiger partial charge < -0.3 is 15.0 Å². The molecule has 0 spiro atoms. The van der Waals surface area contributed by atoms with Crippen molar-refractivity contribution in [2.75, 3.05) is 23.3 Å². The average Bonchev–Trinajstić information content (AvgIpc) is 2.58. The van der Waals surface area contributed by atoms with Crippen LogP contribution in [0, 0.1) is 15.9 Å². The second-order valence-corrected chi connectivity index (χ2v) is 6.30. The van der Waals surface area contributed by atoms with Gasteiger partial charge in [-0.1, -0.05) is 12.1 Å². The SMILES string of the molecule is CC1CN(c2ncnc(NCc3cccc(F)c3)c2[N+](=O)[O-])CC(C)O1. The molecule has 8 nitrogen and oxygen atoms in total. The summed E-state index contributed by atoms with van der Waals surface area (Å²) in [6.45, 7) is 5.06. The Morgan fingerprint density at radius 3 is 2.73 bits per heavy atom. The molecule has 26 heavy (non-hydrogen) atoms. The van der Waals surface area contributed by atoms with E-state index in [4.69, 9.17) is 4.74 Å². The van der Waals surface area contributed by atoms with Gasteiger partial charge in [-0.05, 0) is 31.5 Å². The fraction of sp³-hybridized carbons (Fsp3) is 0.412. The highest BCUT2D eigenvalue weighted by Crippen LogP contribution is 2.33. The van der Waals surface area contributed by atoms with Gasteiger partial charge in [-0.2, -0.15) is 0 Å². The van der Waals surface area contributed by atoms with Crippen molar-refractivity contribution >= 4 is 17.3 Å². The predicted octanol–water partition coefficient (Wildman–Crippen LogP) is 2.75. The Morgan fingerprint density at radius 1 is 1.35 bits per heavy atom. The lowest BCUT2D eigenvalue weighted by atomic mass is 10.2. The van der Waals surface area contributed by atoms with E-state index in [-0.39, 0.29) is 41.9 Å². The van der Waals surface area contributed by atoms with Crippen LogP contribution in [0.25, 0.3) is 0 Å². The third-order valence-corrected chi connectivity index (χ3v) is 4.05. The maximum absolute atomic E-state index is 13.3. The maximum Gasteiger partial charge on any atom is 0.353 e. The minimum atomic E-state index is -0.492. The standard InChI is InChI=1S/C17H20FN5O3/c1-11-8-22(9-12(2)26-11)17-15(23(24)25)16(20-10-21-17)19-7-13-4-3-5-14(18)6-13/h3-6,10-12H,7-9H2,1-2H3,(H,19,20,21). The van der Waals surface area contributed by atoms with Gasteiger partial charge in [0.25, 0.3) is 0 Å². The molecule has 1 aromatic carbocycles. The van der Waals surface area contributed by atoms with Crippen LogP contribution in [-0.4, -0.2) is 40.2 Å². The first-order valence-electron chi connectivity index (χ1n) is 8.32. The van der Waals surface area contributed by atoms with Crippen molar-refractivity contribution in [1.29, 1.82) is 0 Å². The Morgan fingerprint density at radius 2 is 2.08 bits per heavy atom. The first kappa shape index (κ1) is 18.0. The van der Waals surface area contributed by atoms with Gasteiger partial charge in [0, 0.05) is 19.6 Å². The summed E-state index contributed by atoms with van der Waals surface area (Å²) in [6.07, 6.45) is 1.18. The molecular weight excluding hydrogens is 341 g/mol. The predicted molar refractivity (Wildman–Crippen MR) is 94.6 cm³/mol. The number of rotatable bonds is 5. The third-order valence-electron chi connectivity index (χ3n) is 4.05. The summed E-state index contributed by atoms with van der Waals surface area (Å²) < 4.78 is 19.0. The summed E-state index contributed by atoms with van der Waals surface area (Å²) in [7, 11) is 0. The molecule has 0 amide bonds. The molecule has 3 rings (SSSR count). The van der Waals surface area contributed by atoms with E-state index < -0.39 is 4.92 Å². The number of nitrogens with one attached hydrogen (secondary N) is 1. The maximum atomic E-state index is 13.3. The van der Waals surface area contributed by atoms with Gasteiger partial charge in [-0.25, -0.2) is 14.4 Å². The Kier molecular flexibility index (Phi) is 5.27. The van der Waals surface area contributed by atoms with Crippen molar-refractivity contribution in [2.24, 2.45) is 0 Å². The monoisotopic (exact) mass is 361 g/mol. The van der Waals surface area contributed by atoms with Crippen molar-refractivity contribution in [3.8, 4) is 0 Å². The van der Waals surface area contributed by atoms with E-state index in [1.807, 2.05) is 18.7 Å². The van der Waals surface area contributed by atoms with Crippen LogP contribution in [0.2, 0.25) is 0 Å². The lowest BCUT2D eigenvalue weighted by Crippen LogP contribution is -2.46. The summed E-state index contributed by atoms with van der Waals surface area (Å²) in [6, 6.07) is 6.03. The van der Waals surface area contributed by atoms with Crippen LogP contribution in [0.4, 0.5) is 21.7 Å². The minimum absolute atomic E-state index is 0.0583. The fourth-order valence-corrected chi connectivity index (χ4v) is 3.08. The molecule has 0 radical (unpaired) electrons. The molecule has 138 valence electrons. The molecule has 1 saturated heterocycles. The largest absolute Gasteiger partial charge is 0.372 e. The van der Waals surface area contributed by atoms with E-state index in [9.17, 15) is 14.5 Å². The van der Waals surface area contributed by atoms with Crippen LogP contribution in [0.3, 0.4) is 0 Å². The van der Waals surface area contributed by atoms with Crippen LogP contribution in [0.15, 0.2) is 30.6 Å². The molecular formula is C17H20FN5O3. The second-order valence-electron chi connectivity index (χ2n) is 6.30. The van der Waals surface area contributed by atoms with E-state index in [2.05, 4.69) is 15.3 Å². The quantitative estimate of drug-likeness (QED) is 0.646. The Balaban J connectivity index is 1.87. The lowest BCUT2D eigenvalue weighted by molar-refractivity contribution is -0.383. The Hall–Kier alpha value is -2.81. The van der Waals surface area contributed by atoms with E-state index in [1.165, 1.54) is 18.5 Å². The molecule has 1 aliphatic rings. The topological polar surface area (TPSA) is 93.4 Å². The van der Waals surface area contributed by atoms with Gasteiger partial charge >= 0.3 is 5.69 Å². The Labute approximate surface area is 150 Å². The molecule has 2 unspecified atom stereocenters. The fourth-order valence-electron chi connectivity index (χ4n) is 3.08. The number of ether oxygens (including phenoxy) is 1. The van der Waals surface area contributed by atoms with E-state index in [1.54, 1.807) is 12.1 Å². The molecule has 2 atom stereocenters. The number of aromatic nitrogens is 2. The molecule has 0 aliphatic carbocycles. The van der Waals surface area contributed by atoms with Crippen molar-refractivity contribution in [2.45, 2.75) is 32.6 Å². The van der Waals surface area contributed by atoms with Gasteiger partial charge in [0.2, 0.25) is 11.6 Å². The van der Waals surface area contributed by atoms with Crippen LogP contribution in [0.1, 0.15) is 19.4 Å². The number of halogens is 1. The number of hydrogen-bond acceptors (Lipinski definition) is 7. The molecule has 9 heteroatoms. The lowest BCUT2D eigenvalue weighted by Gasteiger charge is -2.35. The first-order chi connectivity index (χ1) is 12.4. The van der Waals surface area contributed by atoms with Gasteiger partial charge in [-0.15, -0.1) is 0 Å². The van der Waals surface area contributed by atoms with E-state index >= 15 is 0 Å². The minimum Gasteiger partial charge on any atom is -0.372 e. The number of hydrogen-bond donors (Lipinski definition) is 1. The smallest absolute Gasteiger partial charge is 0.353 e. The van der Waals surface area contributed by atoms with Gasteiger partial charge in [-0.3, -0.25) is 10.1 Å². The van der Waals surface area contributed by atoms with Crippen molar-refractivity contribution in [3.63, 3.8) is 0 Å².